The molecule has 0 N–H and O–H groups in total. The van der Waals surface area contributed by atoms with E-state index in [1.165, 1.54) is 36.8 Å². The predicted octanol–water partition coefficient (Wildman–Crippen LogP) is 8.38. The van der Waals surface area contributed by atoms with Crippen molar-refractivity contribution < 1.29 is 13.7 Å². The molecule has 0 aliphatic carbocycles. The first kappa shape index (κ1) is 27.7. The molecule has 0 heterocycles. The number of hydrogen-bond donors (Lipinski definition) is 0. The molecule has 0 aliphatic heterocycles. The average molecular weight is 472 g/mol. The number of unbranched alkanes of at least 4 members (excludes halogenated alkanes) is 2. The number of hydrogen-bond acceptors (Lipinski definition) is 3. The van der Waals surface area contributed by atoms with Gasteiger partial charge in [0.25, 0.3) is 0 Å². The van der Waals surface area contributed by atoms with Crippen LogP contribution in [-0.4, -0.2) is 32.0 Å². The van der Waals surface area contributed by atoms with Crippen molar-refractivity contribution in [2.45, 2.75) is 80.1 Å². The quantitative estimate of drug-likeness (QED) is 0.181. The van der Waals surface area contributed by atoms with E-state index >= 15 is 0 Å². The molecule has 184 valence electrons. The van der Waals surface area contributed by atoms with Gasteiger partial charge in [-0.3, -0.25) is 0 Å². The molecule has 0 saturated heterocycles. The molecule has 33 heavy (non-hydrogen) atoms. The molecule has 0 amide bonds. The Labute approximate surface area is 203 Å². The van der Waals surface area contributed by atoms with E-state index in [9.17, 15) is 0 Å². The van der Waals surface area contributed by atoms with Gasteiger partial charge in [0, 0.05) is 0 Å². The minimum absolute atomic E-state index is 0.759. The molecule has 3 nitrogen and oxygen atoms in total. The maximum atomic E-state index is 6.91. The Balaban J connectivity index is 2.25. The molecule has 0 unspecified atom stereocenters. The Morgan fingerprint density at radius 2 is 0.939 bits per heavy atom. The van der Waals surface area contributed by atoms with Crippen molar-refractivity contribution in [1.29, 1.82) is 0 Å². The Bertz CT molecular complexity index is 726. The van der Waals surface area contributed by atoms with Gasteiger partial charge in [0.1, 0.15) is 0 Å². The van der Waals surface area contributed by atoms with Crippen molar-refractivity contribution in [3.05, 3.63) is 59.7 Å². The van der Waals surface area contributed by atoms with Crippen LogP contribution in [0.3, 0.4) is 0 Å². The first-order valence-electron chi connectivity index (χ1n) is 13.2. The first-order chi connectivity index (χ1) is 15.9. The Morgan fingerprint density at radius 1 is 0.576 bits per heavy atom. The fraction of sp³-hybridized carbons (Fsp3) is 0.571. The summed E-state index contributed by atoms with van der Waals surface area (Å²) in [7, 11) is -0.759. The van der Waals surface area contributed by atoms with Gasteiger partial charge < -0.3 is 0 Å². The predicted molar refractivity (Wildman–Crippen MR) is 147 cm³/mol. The summed E-state index contributed by atoms with van der Waals surface area (Å²) >= 11 is 0. The summed E-state index contributed by atoms with van der Waals surface area (Å²) in [4.78, 5) is 0. The molecular formula is C28H46BO3P. The third-order valence-electron chi connectivity index (χ3n) is 7.53. The van der Waals surface area contributed by atoms with E-state index in [0.29, 0.717) is 0 Å². The van der Waals surface area contributed by atoms with Crippen LogP contribution in [0, 0.1) is 0 Å². The summed E-state index contributed by atoms with van der Waals surface area (Å²) in [5.41, 5.74) is 2.68. The molecule has 0 spiro atoms. The van der Waals surface area contributed by atoms with Gasteiger partial charge in [0.15, 0.2) is 0 Å². The zero-order chi connectivity index (χ0) is 24.2. The molecular weight excluding hydrogens is 426 g/mol. The van der Waals surface area contributed by atoms with Crippen molar-refractivity contribution >= 4 is 14.2 Å². The molecule has 0 fully saturated rings. The van der Waals surface area contributed by atoms with Crippen LogP contribution in [0.2, 0.25) is 0 Å². The Morgan fingerprint density at radius 3 is 1.24 bits per heavy atom. The number of rotatable bonds is 16. The second-order valence-electron chi connectivity index (χ2n) is 9.25. The number of aryl methyl sites for hydroxylation is 2. The van der Waals surface area contributed by atoms with Crippen molar-refractivity contribution in [3.8, 4) is 11.5 Å². The SMILES string of the molecule is CCCCc1ccc(OB(Oc2ccc(CCCC)cc2)OP(CC)(CC)(CC)CC)cc1. The van der Waals surface area contributed by atoms with E-state index in [1.54, 1.807) is 0 Å². The van der Waals surface area contributed by atoms with E-state index in [4.69, 9.17) is 13.7 Å². The van der Waals surface area contributed by atoms with Crippen LogP contribution >= 0.6 is 6.83 Å². The van der Waals surface area contributed by atoms with Gasteiger partial charge in [-0.05, 0) is 0 Å². The van der Waals surface area contributed by atoms with E-state index in [0.717, 1.165) is 49.0 Å². The summed E-state index contributed by atoms with van der Waals surface area (Å²) in [6.45, 7) is 11.1. The maximum absolute atomic E-state index is 6.91. The van der Waals surface area contributed by atoms with Crippen LogP contribution in [0.4, 0.5) is 0 Å². The Kier molecular flexibility index (Phi) is 11.3. The molecule has 0 saturated carbocycles. The van der Waals surface area contributed by atoms with E-state index in [-0.39, 0.29) is 0 Å². The van der Waals surface area contributed by atoms with Crippen LogP contribution in [0.1, 0.15) is 78.4 Å². The zero-order valence-corrected chi connectivity index (χ0v) is 22.8. The number of benzene rings is 2. The minimum atomic E-state index is -2.41. The van der Waals surface area contributed by atoms with Gasteiger partial charge >= 0.3 is 204 Å². The van der Waals surface area contributed by atoms with Gasteiger partial charge in [-0.1, -0.05) is 0 Å². The summed E-state index contributed by atoms with van der Waals surface area (Å²) in [6.07, 6.45) is 11.2. The Hall–Kier alpha value is -1.51. The molecule has 5 heteroatoms. The van der Waals surface area contributed by atoms with Gasteiger partial charge in [0.2, 0.25) is 0 Å². The van der Waals surface area contributed by atoms with E-state index < -0.39 is 14.2 Å². The van der Waals surface area contributed by atoms with Gasteiger partial charge in [-0.2, -0.15) is 0 Å². The summed E-state index contributed by atoms with van der Waals surface area (Å²) in [5, 5.41) is 0. The summed E-state index contributed by atoms with van der Waals surface area (Å²) in [6, 6.07) is 16.8. The van der Waals surface area contributed by atoms with Crippen molar-refractivity contribution in [1.82, 2.24) is 0 Å². The van der Waals surface area contributed by atoms with Gasteiger partial charge in [0.05, 0.1) is 0 Å². The van der Waals surface area contributed by atoms with E-state index in [1.807, 2.05) is 24.3 Å². The van der Waals surface area contributed by atoms with Crippen molar-refractivity contribution in [2.75, 3.05) is 24.6 Å². The topological polar surface area (TPSA) is 27.7 Å². The monoisotopic (exact) mass is 472 g/mol. The van der Waals surface area contributed by atoms with Gasteiger partial charge in [-0.25, -0.2) is 0 Å². The average Bonchev–Trinajstić information content (AvgIpc) is 2.87. The molecule has 2 aromatic rings. The van der Waals surface area contributed by atoms with Crippen LogP contribution in [0.15, 0.2) is 48.5 Å². The fourth-order valence-corrected chi connectivity index (χ4v) is 8.26. The second kappa shape index (κ2) is 13.4. The zero-order valence-electron chi connectivity index (χ0n) is 21.9. The molecule has 0 aromatic heterocycles. The second-order valence-corrected chi connectivity index (χ2v) is 15.7. The van der Waals surface area contributed by atoms with Crippen LogP contribution in [0.5, 0.6) is 11.5 Å². The van der Waals surface area contributed by atoms with Crippen LogP contribution < -0.4 is 9.31 Å². The summed E-state index contributed by atoms with van der Waals surface area (Å²) < 4.78 is 19.6. The first-order valence-corrected chi connectivity index (χ1v) is 16.1. The van der Waals surface area contributed by atoms with Crippen LogP contribution in [-0.2, 0) is 17.3 Å². The summed E-state index contributed by atoms with van der Waals surface area (Å²) in [5.74, 6) is 1.58. The third-order valence-corrected chi connectivity index (χ3v) is 14.7. The fourth-order valence-electron chi connectivity index (χ4n) is 4.40. The molecule has 2 rings (SSSR count). The van der Waals surface area contributed by atoms with E-state index in [2.05, 4.69) is 65.8 Å². The molecule has 0 aliphatic rings. The normalized spacial score (nSPS) is 12.7. The third kappa shape index (κ3) is 7.76. The van der Waals surface area contributed by atoms with Crippen molar-refractivity contribution in [2.24, 2.45) is 0 Å². The van der Waals surface area contributed by atoms with Gasteiger partial charge in [-0.15, -0.1) is 0 Å². The molecule has 0 radical (unpaired) electrons. The molecule has 2 aromatic carbocycles. The standard InChI is InChI=1S/C28H46BO3P/c1-7-13-15-25-17-21-27(22-18-25)30-29(32-33(9-3,10-4,11-5)12-6)31-28-23-19-26(20-24-28)16-14-8-2/h17-24H,7-16H2,1-6H3. The van der Waals surface area contributed by atoms with Crippen molar-refractivity contribution in [3.63, 3.8) is 0 Å². The molecule has 0 atom stereocenters. The molecule has 0 bridgehead atoms. The van der Waals surface area contributed by atoms with Crippen LogP contribution in [0.25, 0.3) is 0 Å².